The number of rotatable bonds is 13. The number of primary amides is 1. The molecule has 150 valence electrons. The molecule has 1 aliphatic carbocycles. The lowest BCUT2D eigenvalue weighted by Gasteiger charge is -2.27. The first-order valence-electron chi connectivity index (χ1n) is 8.73. The topological polar surface area (TPSA) is 174 Å². The first-order chi connectivity index (χ1) is 12.3. The molecule has 1 saturated carbocycles. The van der Waals surface area contributed by atoms with Gasteiger partial charge in [0, 0.05) is 25.0 Å². The minimum absolute atomic E-state index is 0.000581. The fourth-order valence-electron chi connectivity index (χ4n) is 2.92. The smallest absolute Gasteiger partial charge is 0.237 e. The zero-order chi connectivity index (χ0) is 19.7. The highest BCUT2D eigenvalue weighted by Crippen LogP contribution is 2.52. The molecule has 0 aliphatic heterocycles. The second kappa shape index (κ2) is 10.4. The van der Waals surface area contributed by atoms with Crippen molar-refractivity contribution in [3.05, 3.63) is 0 Å². The molecule has 3 atom stereocenters. The lowest BCUT2D eigenvalue weighted by Crippen LogP contribution is -2.46. The van der Waals surface area contributed by atoms with E-state index in [4.69, 9.17) is 10.8 Å². The first kappa shape index (κ1) is 22.3. The Hall–Kier alpha value is -1.75. The summed E-state index contributed by atoms with van der Waals surface area (Å²) in [6, 6.07) is -0.647. The average molecular weight is 374 g/mol. The maximum Gasteiger partial charge on any atom is 0.237 e. The molecule has 3 amide bonds. The Balaban J connectivity index is 2.35. The second-order valence-corrected chi connectivity index (χ2v) is 6.65. The van der Waals surface area contributed by atoms with Gasteiger partial charge in [-0.15, -0.1) is 0 Å². The number of carbonyl (C=O) groups is 3. The van der Waals surface area contributed by atoms with Crippen molar-refractivity contribution in [2.75, 3.05) is 26.7 Å². The number of aliphatic hydroxyl groups is 3. The van der Waals surface area contributed by atoms with Crippen molar-refractivity contribution < 1.29 is 29.7 Å². The fourth-order valence-corrected chi connectivity index (χ4v) is 2.92. The Morgan fingerprint density at radius 1 is 1.12 bits per heavy atom. The van der Waals surface area contributed by atoms with Gasteiger partial charge >= 0.3 is 0 Å². The first-order valence-corrected chi connectivity index (χ1v) is 8.73. The summed E-state index contributed by atoms with van der Waals surface area (Å²) in [7, 11) is 1.57. The van der Waals surface area contributed by atoms with Gasteiger partial charge in [0.05, 0.1) is 24.8 Å². The van der Waals surface area contributed by atoms with Crippen LogP contribution < -0.4 is 21.7 Å². The highest BCUT2D eigenvalue weighted by molar-refractivity contribution is 5.87. The third kappa shape index (κ3) is 6.52. The summed E-state index contributed by atoms with van der Waals surface area (Å²) >= 11 is 0. The van der Waals surface area contributed by atoms with E-state index in [-0.39, 0.29) is 44.9 Å². The van der Waals surface area contributed by atoms with E-state index in [0.29, 0.717) is 12.8 Å². The van der Waals surface area contributed by atoms with E-state index in [9.17, 15) is 24.6 Å². The molecule has 0 unspecified atom stereocenters. The standard InChI is InChI=1S/C16H30N4O6/c1-18-10(15(26)20-9-13(17)24)2-3-14(25)19-8-12(23)16(5-6-16)11(22)4-7-21/h10-12,18,21-23H,2-9H2,1H3,(H2,17,24)(H,19,25)(H,20,26)/t10-,11+,12-/m0/s1. The van der Waals surface area contributed by atoms with Crippen molar-refractivity contribution in [1.82, 2.24) is 16.0 Å². The number of hydrogen-bond acceptors (Lipinski definition) is 7. The number of nitrogens with one attached hydrogen (secondary N) is 3. The third-order valence-corrected chi connectivity index (χ3v) is 4.81. The van der Waals surface area contributed by atoms with Crippen molar-refractivity contribution in [2.24, 2.45) is 11.1 Å². The highest BCUT2D eigenvalue weighted by atomic mass is 16.3. The van der Waals surface area contributed by atoms with Crippen LogP contribution in [0.2, 0.25) is 0 Å². The Morgan fingerprint density at radius 3 is 2.27 bits per heavy atom. The molecule has 0 bridgehead atoms. The summed E-state index contributed by atoms with van der Waals surface area (Å²) in [5.41, 5.74) is 4.30. The number of nitrogens with two attached hydrogens (primary N) is 1. The molecule has 26 heavy (non-hydrogen) atoms. The van der Waals surface area contributed by atoms with E-state index in [1.807, 2.05) is 0 Å². The van der Waals surface area contributed by atoms with Crippen molar-refractivity contribution in [3.63, 3.8) is 0 Å². The SMILES string of the molecule is CN[C@@H](CCC(=O)NC[C@H](O)C1([C@H](O)CCO)CC1)C(=O)NCC(N)=O. The van der Waals surface area contributed by atoms with Crippen LogP contribution in [0, 0.1) is 5.41 Å². The minimum Gasteiger partial charge on any atom is -0.396 e. The van der Waals surface area contributed by atoms with Gasteiger partial charge < -0.3 is 37.0 Å². The molecule has 10 heteroatoms. The quantitative estimate of drug-likeness (QED) is 0.179. The van der Waals surface area contributed by atoms with Crippen LogP contribution in [0.5, 0.6) is 0 Å². The summed E-state index contributed by atoms with van der Waals surface area (Å²) in [6.45, 7) is -0.432. The van der Waals surface area contributed by atoms with Gasteiger partial charge in [-0.2, -0.15) is 0 Å². The molecule has 0 heterocycles. The summed E-state index contributed by atoms with van der Waals surface area (Å²) in [5.74, 6) is -1.42. The Kier molecular flexibility index (Phi) is 8.93. The van der Waals surface area contributed by atoms with Crippen molar-refractivity contribution in [2.45, 2.75) is 50.4 Å². The molecule has 0 aromatic heterocycles. The Labute approximate surface area is 152 Å². The zero-order valence-corrected chi connectivity index (χ0v) is 15.0. The predicted molar refractivity (Wildman–Crippen MR) is 92.7 cm³/mol. The van der Waals surface area contributed by atoms with Crippen LogP contribution >= 0.6 is 0 Å². The number of likely N-dealkylation sites (N-methyl/N-ethyl adjacent to an activating group) is 1. The average Bonchev–Trinajstić information content (AvgIpc) is 3.40. The van der Waals surface area contributed by atoms with Gasteiger partial charge in [0.2, 0.25) is 17.7 Å². The molecule has 1 fully saturated rings. The van der Waals surface area contributed by atoms with E-state index in [2.05, 4.69) is 16.0 Å². The van der Waals surface area contributed by atoms with Gasteiger partial charge in [-0.05, 0) is 32.7 Å². The largest absolute Gasteiger partial charge is 0.396 e. The number of carbonyl (C=O) groups excluding carboxylic acids is 3. The van der Waals surface area contributed by atoms with E-state index in [0.717, 1.165) is 0 Å². The predicted octanol–water partition coefficient (Wildman–Crippen LogP) is -3.04. The number of amides is 3. The van der Waals surface area contributed by atoms with Crippen LogP contribution in [0.1, 0.15) is 32.1 Å². The molecule has 1 aliphatic rings. The molecule has 1 rings (SSSR count). The molecule has 0 saturated heterocycles. The molecule has 0 aromatic carbocycles. The van der Waals surface area contributed by atoms with Crippen LogP contribution in [0.4, 0.5) is 0 Å². The van der Waals surface area contributed by atoms with Crippen LogP contribution in [0.15, 0.2) is 0 Å². The molecule has 10 nitrogen and oxygen atoms in total. The minimum atomic E-state index is -0.896. The van der Waals surface area contributed by atoms with Crippen LogP contribution in [0.25, 0.3) is 0 Å². The van der Waals surface area contributed by atoms with E-state index >= 15 is 0 Å². The summed E-state index contributed by atoms with van der Waals surface area (Å²) in [5, 5.41) is 36.9. The van der Waals surface area contributed by atoms with E-state index in [1.165, 1.54) is 0 Å². The van der Waals surface area contributed by atoms with Gasteiger partial charge in [0.1, 0.15) is 0 Å². The summed E-state index contributed by atoms with van der Waals surface area (Å²) in [4.78, 5) is 34.4. The lowest BCUT2D eigenvalue weighted by atomic mass is 9.90. The van der Waals surface area contributed by atoms with E-state index in [1.54, 1.807) is 7.05 Å². The monoisotopic (exact) mass is 374 g/mol. The van der Waals surface area contributed by atoms with Crippen LogP contribution in [0.3, 0.4) is 0 Å². The maximum atomic E-state index is 11.9. The number of hydrogen-bond donors (Lipinski definition) is 7. The van der Waals surface area contributed by atoms with Crippen molar-refractivity contribution in [3.8, 4) is 0 Å². The summed E-state index contributed by atoms with van der Waals surface area (Å²) < 4.78 is 0. The van der Waals surface area contributed by atoms with Gasteiger partial charge in [-0.3, -0.25) is 14.4 Å². The highest BCUT2D eigenvalue weighted by Gasteiger charge is 2.53. The zero-order valence-electron chi connectivity index (χ0n) is 15.0. The van der Waals surface area contributed by atoms with Gasteiger partial charge in [-0.1, -0.05) is 0 Å². The molecule has 8 N–H and O–H groups in total. The molecule has 0 radical (unpaired) electrons. The lowest BCUT2D eigenvalue weighted by molar-refractivity contribution is -0.127. The maximum absolute atomic E-state index is 11.9. The molecular formula is C16H30N4O6. The molecular weight excluding hydrogens is 344 g/mol. The Bertz CT molecular complexity index is 497. The van der Waals surface area contributed by atoms with Gasteiger partial charge in [0.25, 0.3) is 0 Å². The van der Waals surface area contributed by atoms with Crippen molar-refractivity contribution in [1.29, 1.82) is 0 Å². The number of aliphatic hydroxyl groups excluding tert-OH is 3. The van der Waals surface area contributed by atoms with E-state index < -0.39 is 35.5 Å². The normalized spacial score (nSPS) is 18.5. The van der Waals surface area contributed by atoms with Crippen LogP contribution in [-0.4, -0.2) is 78.0 Å². The van der Waals surface area contributed by atoms with Gasteiger partial charge in [0.15, 0.2) is 0 Å². The fraction of sp³-hybridized carbons (Fsp3) is 0.812. The Morgan fingerprint density at radius 2 is 1.77 bits per heavy atom. The molecule has 0 aromatic rings. The second-order valence-electron chi connectivity index (χ2n) is 6.65. The van der Waals surface area contributed by atoms with Crippen LogP contribution in [-0.2, 0) is 14.4 Å². The summed E-state index contributed by atoms with van der Waals surface area (Å²) in [6.07, 6.45) is 0.0412. The third-order valence-electron chi connectivity index (χ3n) is 4.81. The van der Waals surface area contributed by atoms with Gasteiger partial charge in [-0.25, -0.2) is 0 Å². The molecule has 0 spiro atoms. The van der Waals surface area contributed by atoms with Crippen molar-refractivity contribution >= 4 is 17.7 Å².